The maximum absolute atomic E-state index is 12.7. The van der Waals surface area contributed by atoms with Gasteiger partial charge in [0.1, 0.15) is 22.8 Å². The summed E-state index contributed by atoms with van der Waals surface area (Å²) in [6, 6.07) is 14.1. The number of benzene rings is 2. The molecule has 0 unspecified atom stereocenters. The number of amidine groups is 1. The summed E-state index contributed by atoms with van der Waals surface area (Å²) in [4.78, 5) is 40.2. The van der Waals surface area contributed by atoms with E-state index in [0.29, 0.717) is 18.2 Å². The standard InChI is InChI=1S/C26H28N4O6S/c1-4-36-19-11-5-16(6-12-19)20-13-21(17-7-9-18(35-3)10-8-17)30(29-20)26-28-24(32)22(37-26)14-23(31)27-15(2)25(33)34/h5-12,15,21-22H,4,13-14H2,1-3H3,(H,27,31)(H,33,34)/t15-,21+,22+/m1/s1. The molecule has 37 heavy (non-hydrogen) atoms. The summed E-state index contributed by atoms with van der Waals surface area (Å²) in [6.45, 7) is 3.87. The van der Waals surface area contributed by atoms with E-state index in [1.807, 2.05) is 55.5 Å². The van der Waals surface area contributed by atoms with E-state index in [0.717, 1.165) is 40.1 Å². The molecule has 4 rings (SSSR count). The second-order valence-corrected chi connectivity index (χ2v) is 9.68. The molecule has 0 spiro atoms. The average Bonchev–Trinajstić information content (AvgIpc) is 3.48. The SMILES string of the molecule is CCOc1ccc(C2=NN(C3=NC(=O)[C@H](CC(=O)N[C@H](C)C(=O)O)S3)[C@H](c3ccc(OC)cc3)C2)cc1. The summed E-state index contributed by atoms with van der Waals surface area (Å²) in [7, 11) is 1.60. The third kappa shape index (κ3) is 6.11. The van der Waals surface area contributed by atoms with Crippen LogP contribution in [-0.4, -0.2) is 63.8 Å². The van der Waals surface area contributed by atoms with Crippen molar-refractivity contribution in [2.45, 2.75) is 44.0 Å². The summed E-state index contributed by atoms with van der Waals surface area (Å²) >= 11 is 1.16. The van der Waals surface area contributed by atoms with Gasteiger partial charge in [0.15, 0.2) is 5.17 Å². The van der Waals surface area contributed by atoms with Crippen LogP contribution in [0.3, 0.4) is 0 Å². The minimum Gasteiger partial charge on any atom is -0.497 e. The highest BCUT2D eigenvalue weighted by atomic mass is 32.2. The number of aliphatic carboxylic acids is 1. The number of nitrogens with one attached hydrogen (secondary N) is 1. The molecule has 0 bridgehead atoms. The number of carboxylic acid groups (broad SMARTS) is 1. The number of rotatable bonds is 9. The van der Waals surface area contributed by atoms with Gasteiger partial charge < -0.3 is 19.9 Å². The van der Waals surface area contributed by atoms with Crippen molar-refractivity contribution in [1.82, 2.24) is 10.3 Å². The molecular weight excluding hydrogens is 496 g/mol. The first kappa shape index (κ1) is 26.2. The Balaban J connectivity index is 1.56. The first-order valence-electron chi connectivity index (χ1n) is 11.8. The van der Waals surface area contributed by atoms with Gasteiger partial charge >= 0.3 is 5.97 Å². The van der Waals surface area contributed by atoms with Crippen LogP contribution in [0.25, 0.3) is 0 Å². The van der Waals surface area contributed by atoms with Crippen molar-refractivity contribution < 1.29 is 29.0 Å². The van der Waals surface area contributed by atoms with Crippen LogP contribution < -0.4 is 14.8 Å². The van der Waals surface area contributed by atoms with E-state index < -0.39 is 29.1 Å². The quantitative estimate of drug-likeness (QED) is 0.512. The zero-order valence-corrected chi connectivity index (χ0v) is 21.5. The van der Waals surface area contributed by atoms with Gasteiger partial charge in [-0.05, 0) is 61.4 Å². The van der Waals surface area contributed by atoms with E-state index in [-0.39, 0.29) is 12.5 Å². The van der Waals surface area contributed by atoms with Gasteiger partial charge in [-0.3, -0.25) is 14.4 Å². The maximum Gasteiger partial charge on any atom is 0.325 e. The number of hydrogen-bond donors (Lipinski definition) is 2. The van der Waals surface area contributed by atoms with E-state index in [9.17, 15) is 14.4 Å². The van der Waals surface area contributed by atoms with Crippen LogP contribution in [0.15, 0.2) is 58.6 Å². The van der Waals surface area contributed by atoms with E-state index in [1.165, 1.54) is 6.92 Å². The van der Waals surface area contributed by atoms with Gasteiger partial charge in [0.05, 0.1) is 25.5 Å². The van der Waals surface area contributed by atoms with Gasteiger partial charge in [0, 0.05) is 12.8 Å². The Morgan fingerprint density at radius 3 is 2.46 bits per heavy atom. The number of hydrogen-bond acceptors (Lipinski definition) is 8. The topological polar surface area (TPSA) is 130 Å². The number of nitrogens with zero attached hydrogens (tertiary/aromatic N) is 3. The second kappa shape index (κ2) is 11.5. The highest BCUT2D eigenvalue weighted by molar-refractivity contribution is 8.15. The van der Waals surface area contributed by atoms with Crippen molar-refractivity contribution in [3.05, 3.63) is 59.7 Å². The number of aliphatic imine (C=N–C) groups is 1. The summed E-state index contributed by atoms with van der Waals surface area (Å²) in [5, 5.41) is 17.6. The molecule has 0 fully saturated rings. The fourth-order valence-electron chi connectivity index (χ4n) is 3.99. The van der Waals surface area contributed by atoms with Crippen molar-refractivity contribution in [2.75, 3.05) is 13.7 Å². The monoisotopic (exact) mass is 524 g/mol. The number of methoxy groups -OCH3 is 1. The van der Waals surface area contributed by atoms with Crippen molar-refractivity contribution in [3.63, 3.8) is 0 Å². The molecule has 0 aliphatic carbocycles. The fourth-order valence-corrected chi connectivity index (χ4v) is 5.05. The third-order valence-corrected chi connectivity index (χ3v) is 7.10. The van der Waals surface area contributed by atoms with E-state index in [2.05, 4.69) is 10.3 Å². The number of ether oxygens (including phenoxy) is 2. The van der Waals surface area contributed by atoms with Gasteiger partial charge in [-0.1, -0.05) is 23.9 Å². The van der Waals surface area contributed by atoms with E-state index in [4.69, 9.17) is 19.7 Å². The highest BCUT2D eigenvalue weighted by Gasteiger charge is 2.39. The predicted molar refractivity (Wildman–Crippen MR) is 140 cm³/mol. The normalized spacial score (nSPS) is 19.8. The number of carboxylic acids is 1. The molecule has 0 saturated heterocycles. The Morgan fingerprint density at radius 2 is 1.84 bits per heavy atom. The van der Waals surface area contributed by atoms with Crippen LogP contribution in [0.4, 0.5) is 0 Å². The van der Waals surface area contributed by atoms with E-state index >= 15 is 0 Å². The number of carbonyl (C=O) groups excluding carboxylic acids is 2. The van der Waals surface area contributed by atoms with Gasteiger partial charge in [0.2, 0.25) is 5.91 Å². The molecule has 2 aromatic rings. The third-order valence-electron chi connectivity index (χ3n) is 5.95. The summed E-state index contributed by atoms with van der Waals surface area (Å²) < 4.78 is 10.8. The molecule has 0 radical (unpaired) electrons. The summed E-state index contributed by atoms with van der Waals surface area (Å²) in [6.07, 6.45) is 0.403. The maximum atomic E-state index is 12.7. The molecule has 2 heterocycles. The van der Waals surface area contributed by atoms with Crippen molar-refractivity contribution in [2.24, 2.45) is 10.1 Å². The molecule has 2 amide bonds. The Labute approximate surface area is 218 Å². The molecular formula is C26H28N4O6S. The van der Waals surface area contributed by atoms with Gasteiger partial charge in [0.25, 0.3) is 5.91 Å². The Morgan fingerprint density at radius 1 is 1.16 bits per heavy atom. The Hall–Kier alpha value is -3.86. The summed E-state index contributed by atoms with van der Waals surface area (Å²) in [5.74, 6) is -0.620. The van der Waals surface area contributed by atoms with Crippen molar-refractivity contribution in [3.8, 4) is 11.5 Å². The highest BCUT2D eigenvalue weighted by Crippen LogP contribution is 2.39. The molecule has 2 aliphatic heterocycles. The lowest BCUT2D eigenvalue weighted by molar-refractivity contribution is -0.141. The molecule has 2 aromatic carbocycles. The lowest BCUT2D eigenvalue weighted by Crippen LogP contribution is -2.39. The van der Waals surface area contributed by atoms with Crippen molar-refractivity contribution >= 4 is 40.4 Å². The van der Waals surface area contributed by atoms with Crippen LogP contribution in [0.2, 0.25) is 0 Å². The largest absolute Gasteiger partial charge is 0.497 e. The first-order chi connectivity index (χ1) is 17.8. The minimum absolute atomic E-state index is 0.176. The number of hydrazone groups is 1. The molecule has 10 nitrogen and oxygen atoms in total. The van der Waals surface area contributed by atoms with E-state index in [1.54, 1.807) is 12.1 Å². The molecule has 194 valence electrons. The van der Waals surface area contributed by atoms with Crippen LogP contribution in [0, 0.1) is 0 Å². The van der Waals surface area contributed by atoms with Gasteiger partial charge in [-0.2, -0.15) is 10.1 Å². The molecule has 2 N–H and O–H groups in total. The molecule has 3 atom stereocenters. The Bertz CT molecular complexity index is 1230. The zero-order valence-electron chi connectivity index (χ0n) is 20.7. The number of thioether (sulfide) groups is 1. The smallest absolute Gasteiger partial charge is 0.325 e. The van der Waals surface area contributed by atoms with Crippen LogP contribution in [-0.2, 0) is 14.4 Å². The first-order valence-corrected chi connectivity index (χ1v) is 12.7. The molecule has 0 saturated carbocycles. The summed E-state index contributed by atoms with van der Waals surface area (Å²) in [5.41, 5.74) is 2.73. The van der Waals surface area contributed by atoms with Crippen LogP contribution in [0.5, 0.6) is 11.5 Å². The minimum atomic E-state index is -1.15. The van der Waals surface area contributed by atoms with Crippen LogP contribution >= 0.6 is 11.8 Å². The second-order valence-electron chi connectivity index (χ2n) is 8.51. The fraction of sp³-hybridized carbons (Fsp3) is 0.346. The molecule has 0 aromatic heterocycles. The molecule has 11 heteroatoms. The Kier molecular flexibility index (Phi) is 8.12. The van der Waals surface area contributed by atoms with Gasteiger partial charge in [-0.25, -0.2) is 5.01 Å². The molecule has 2 aliphatic rings. The van der Waals surface area contributed by atoms with Gasteiger partial charge in [-0.15, -0.1) is 0 Å². The average molecular weight is 525 g/mol. The number of carbonyl (C=O) groups is 3. The lowest BCUT2D eigenvalue weighted by atomic mass is 9.98. The number of amides is 2. The zero-order chi connectivity index (χ0) is 26.5. The lowest BCUT2D eigenvalue weighted by Gasteiger charge is -2.23. The van der Waals surface area contributed by atoms with Crippen molar-refractivity contribution in [1.29, 1.82) is 0 Å². The predicted octanol–water partition coefficient (Wildman–Crippen LogP) is 3.22. The van der Waals surface area contributed by atoms with Crippen LogP contribution in [0.1, 0.15) is 43.9 Å².